The molecule has 1 spiro atoms. The van der Waals surface area contributed by atoms with Gasteiger partial charge in [-0.15, -0.1) is 0 Å². The predicted molar refractivity (Wildman–Crippen MR) is 184 cm³/mol. The molecule has 3 atom stereocenters. The normalized spacial score (nSPS) is 26.4. The Bertz CT molecular complexity index is 1690. The number of carbonyl (C=O) groups is 3. The van der Waals surface area contributed by atoms with Crippen molar-refractivity contribution in [1.29, 1.82) is 0 Å². The molecule has 4 fully saturated rings. The average Bonchev–Trinajstić information content (AvgIpc) is 3.63. The van der Waals surface area contributed by atoms with Gasteiger partial charge in [0.1, 0.15) is 17.1 Å². The molecule has 3 N–H and O–H groups in total. The molecule has 3 amide bonds. The van der Waals surface area contributed by atoms with E-state index in [-0.39, 0.29) is 47.4 Å². The Hall–Kier alpha value is -4.39. The third-order valence-corrected chi connectivity index (χ3v) is 9.84. The molecule has 13 heteroatoms. The van der Waals surface area contributed by atoms with Crippen molar-refractivity contribution in [3.63, 3.8) is 0 Å². The highest BCUT2D eigenvalue weighted by Crippen LogP contribution is 2.51. The van der Waals surface area contributed by atoms with Gasteiger partial charge in [0.15, 0.2) is 5.96 Å². The highest BCUT2D eigenvalue weighted by atomic mass is 16.6. The van der Waals surface area contributed by atoms with Crippen LogP contribution >= 0.6 is 0 Å². The molecule has 2 aromatic rings. The minimum Gasteiger partial charge on any atom is -0.444 e. The van der Waals surface area contributed by atoms with Crippen molar-refractivity contribution >= 4 is 48.2 Å². The van der Waals surface area contributed by atoms with Gasteiger partial charge in [0.25, 0.3) is 5.91 Å². The number of nitrogens with two attached hydrogens (primary N) is 1. The monoisotopic (exact) mass is 660 g/mol. The molecule has 258 valence electrons. The second-order valence-corrected chi connectivity index (χ2v) is 14.9. The summed E-state index contributed by atoms with van der Waals surface area (Å²) in [4.78, 5) is 53.4. The van der Waals surface area contributed by atoms with E-state index in [0.29, 0.717) is 48.3 Å². The SMILES string of the molecule is C=c1/c(=C\N=C(N)Nc2ccc(N3CC4(CC3=O)CC3CCC(C4)N3C(=O)OC(C)(C)C)cn2)cc(C(=O)N(C)C)n1C1CCCOC1. The van der Waals surface area contributed by atoms with Gasteiger partial charge in [0.2, 0.25) is 5.91 Å². The van der Waals surface area contributed by atoms with E-state index in [1.807, 2.05) is 41.2 Å². The fraction of sp³-hybridized carbons (Fsp3) is 0.571. The van der Waals surface area contributed by atoms with Crippen molar-refractivity contribution in [3.05, 3.63) is 40.7 Å². The van der Waals surface area contributed by atoms with Crippen LogP contribution in [0.2, 0.25) is 0 Å². The summed E-state index contributed by atoms with van der Waals surface area (Å²) in [6.45, 7) is 11.8. The molecule has 48 heavy (non-hydrogen) atoms. The van der Waals surface area contributed by atoms with Gasteiger partial charge in [0.05, 0.1) is 24.5 Å². The molecule has 2 bridgehead atoms. The Kier molecular flexibility index (Phi) is 9.01. The number of aliphatic imine (C=N–C) groups is 1. The molecule has 0 saturated carbocycles. The van der Waals surface area contributed by atoms with Crippen LogP contribution in [-0.2, 0) is 14.3 Å². The molecule has 4 saturated heterocycles. The van der Waals surface area contributed by atoms with Crippen molar-refractivity contribution in [1.82, 2.24) is 19.4 Å². The Morgan fingerprint density at radius 1 is 1.19 bits per heavy atom. The number of aromatic nitrogens is 2. The van der Waals surface area contributed by atoms with Gasteiger partial charge in [-0.2, -0.15) is 0 Å². The lowest BCUT2D eigenvalue weighted by Gasteiger charge is -2.44. The number of amides is 3. The number of piperidine rings is 1. The lowest BCUT2D eigenvalue weighted by molar-refractivity contribution is -0.118. The van der Waals surface area contributed by atoms with Crippen LogP contribution < -0.4 is 26.5 Å². The summed E-state index contributed by atoms with van der Waals surface area (Å²) in [7, 11) is 3.44. The third-order valence-electron chi connectivity index (χ3n) is 9.84. The van der Waals surface area contributed by atoms with Crippen LogP contribution in [0.15, 0.2) is 29.4 Å². The Labute approximate surface area is 281 Å². The molecule has 4 aliphatic rings. The molecule has 0 aromatic carbocycles. The van der Waals surface area contributed by atoms with Gasteiger partial charge in [-0.3, -0.25) is 9.59 Å². The number of rotatable bonds is 5. The van der Waals surface area contributed by atoms with E-state index in [1.165, 1.54) is 0 Å². The molecule has 0 radical (unpaired) electrons. The van der Waals surface area contributed by atoms with Gasteiger partial charge in [0, 0.05) is 67.9 Å². The predicted octanol–water partition coefficient (Wildman–Crippen LogP) is 2.80. The van der Waals surface area contributed by atoms with Crippen LogP contribution in [0.4, 0.5) is 16.3 Å². The maximum atomic E-state index is 13.3. The van der Waals surface area contributed by atoms with E-state index in [0.717, 1.165) is 44.2 Å². The molecule has 6 rings (SSSR count). The Morgan fingerprint density at radius 2 is 1.92 bits per heavy atom. The number of nitrogens with zero attached hydrogens (tertiary/aromatic N) is 6. The highest BCUT2D eigenvalue weighted by Gasteiger charge is 2.55. The zero-order valence-corrected chi connectivity index (χ0v) is 28.7. The summed E-state index contributed by atoms with van der Waals surface area (Å²) < 4.78 is 13.3. The third kappa shape index (κ3) is 6.78. The van der Waals surface area contributed by atoms with Crippen LogP contribution in [0, 0.1) is 5.41 Å². The molecular weight excluding hydrogens is 612 g/mol. The topological polar surface area (TPSA) is 148 Å². The molecular formula is C35H48N8O5. The molecule has 3 unspecified atom stereocenters. The number of fused-ring (bicyclic) bond motifs is 2. The molecule has 13 nitrogen and oxygen atoms in total. The molecule has 4 aliphatic heterocycles. The van der Waals surface area contributed by atoms with Crippen molar-refractivity contribution in [2.45, 2.75) is 89.4 Å². The second-order valence-electron chi connectivity index (χ2n) is 14.9. The van der Waals surface area contributed by atoms with Crippen LogP contribution in [0.3, 0.4) is 0 Å². The quantitative estimate of drug-likeness (QED) is 0.368. The Balaban J connectivity index is 1.12. The lowest BCUT2D eigenvalue weighted by atomic mass is 9.74. The van der Waals surface area contributed by atoms with Gasteiger partial charge < -0.3 is 39.8 Å². The number of carbonyl (C=O) groups excluding carboxylic acids is 3. The highest BCUT2D eigenvalue weighted by molar-refractivity contribution is 5.97. The molecule has 6 heterocycles. The van der Waals surface area contributed by atoms with Crippen molar-refractivity contribution < 1.29 is 23.9 Å². The Morgan fingerprint density at radius 3 is 2.52 bits per heavy atom. The van der Waals surface area contributed by atoms with Crippen molar-refractivity contribution in [2.24, 2.45) is 16.1 Å². The fourth-order valence-corrected chi connectivity index (χ4v) is 7.82. The zero-order valence-electron chi connectivity index (χ0n) is 28.7. The number of guanidine groups is 1. The largest absolute Gasteiger partial charge is 0.444 e. The minimum atomic E-state index is -0.542. The van der Waals surface area contributed by atoms with Gasteiger partial charge >= 0.3 is 6.09 Å². The summed E-state index contributed by atoms with van der Waals surface area (Å²) in [5.41, 5.74) is 6.76. The number of anilines is 2. The van der Waals surface area contributed by atoms with Gasteiger partial charge in [-0.1, -0.05) is 6.58 Å². The first-order valence-corrected chi connectivity index (χ1v) is 16.8. The fourth-order valence-electron chi connectivity index (χ4n) is 7.82. The van der Waals surface area contributed by atoms with E-state index in [9.17, 15) is 14.4 Å². The number of pyridine rings is 1. The number of hydrogen-bond donors (Lipinski definition) is 2. The van der Waals surface area contributed by atoms with E-state index >= 15 is 0 Å². The van der Waals surface area contributed by atoms with Crippen LogP contribution in [0.1, 0.15) is 82.2 Å². The second kappa shape index (κ2) is 12.9. The first kappa shape index (κ1) is 33.5. The smallest absolute Gasteiger partial charge is 0.410 e. The summed E-state index contributed by atoms with van der Waals surface area (Å²) >= 11 is 0. The minimum absolute atomic E-state index is 0.0204. The van der Waals surface area contributed by atoms with E-state index in [1.54, 1.807) is 43.5 Å². The molecule has 2 aromatic heterocycles. The summed E-state index contributed by atoms with van der Waals surface area (Å²) in [5, 5.41) is 4.36. The summed E-state index contributed by atoms with van der Waals surface area (Å²) in [5.74, 6) is 0.549. The summed E-state index contributed by atoms with van der Waals surface area (Å²) in [6.07, 6.45) is 8.75. The number of hydrogen-bond acceptors (Lipinski definition) is 7. The lowest BCUT2D eigenvalue weighted by Crippen LogP contribution is -2.52. The van der Waals surface area contributed by atoms with E-state index < -0.39 is 5.60 Å². The zero-order chi connectivity index (χ0) is 34.4. The maximum Gasteiger partial charge on any atom is 0.410 e. The van der Waals surface area contributed by atoms with Crippen LogP contribution in [0.5, 0.6) is 0 Å². The van der Waals surface area contributed by atoms with Gasteiger partial charge in [-0.25, -0.2) is 14.8 Å². The first-order valence-electron chi connectivity index (χ1n) is 16.8. The first-order chi connectivity index (χ1) is 22.7. The van der Waals surface area contributed by atoms with Crippen LogP contribution in [0.25, 0.3) is 12.8 Å². The van der Waals surface area contributed by atoms with Gasteiger partial charge in [-0.05, 0) is 77.5 Å². The van der Waals surface area contributed by atoms with E-state index in [4.69, 9.17) is 15.2 Å². The van der Waals surface area contributed by atoms with Crippen molar-refractivity contribution in [3.8, 4) is 0 Å². The maximum absolute atomic E-state index is 13.3. The average molecular weight is 661 g/mol. The number of nitrogens with one attached hydrogen (secondary N) is 1. The van der Waals surface area contributed by atoms with Crippen LogP contribution in [-0.4, -0.2) is 94.8 Å². The van der Waals surface area contributed by atoms with Crippen molar-refractivity contribution in [2.75, 3.05) is 44.1 Å². The standard InChI is InChI=1S/C35H48N8O5/c1-22-23(14-28(31(45)40(5)6)42(22)27-8-7-13-47-20-27)18-38-32(36)39-29-12-11-26(19-37-29)41-21-35(17-30(41)44)15-24-9-10-25(16-35)43(24)33(46)48-34(2,3)4/h11-12,14,18-19,24-25,27H,1,7-10,13,15-17,20-21H2,2-6H3,(H3,36,37,38,39)/b23-18-. The van der Waals surface area contributed by atoms with E-state index in [2.05, 4.69) is 21.9 Å². The number of ether oxygens (including phenoxy) is 2. The summed E-state index contributed by atoms with van der Waals surface area (Å²) in [6, 6.07) is 5.62. The molecule has 0 aliphatic carbocycles.